The lowest BCUT2D eigenvalue weighted by Crippen LogP contribution is -2.53. The molecular formula is C24H32ClFN2O2. The van der Waals surface area contributed by atoms with Gasteiger partial charge in [0, 0.05) is 18.1 Å². The molecule has 0 aromatic heterocycles. The van der Waals surface area contributed by atoms with Gasteiger partial charge in [-0.1, -0.05) is 51.1 Å². The first-order valence-corrected chi connectivity index (χ1v) is 10.6. The maximum atomic E-state index is 13.4. The van der Waals surface area contributed by atoms with Gasteiger partial charge in [-0.2, -0.15) is 0 Å². The van der Waals surface area contributed by atoms with Crippen LogP contribution in [0.15, 0.2) is 48.3 Å². The molecule has 1 aliphatic heterocycles. The molecule has 3 rings (SSSR count). The summed E-state index contributed by atoms with van der Waals surface area (Å²) >= 11 is 5.97. The summed E-state index contributed by atoms with van der Waals surface area (Å²) < 4.78 is 13.4. The number of likely N-dealkylation sites (tertiary alicyclic amines) is 1. The van der Waals surface area contributed by atoms with Crippen molar-refractivity contribution < 1.29 is 14.0 Å². The van der Waals surface area contributed by atoms with Crippen molar-refractivity contribution in [3.8, 4) is 0 Å². The Morgan fingerprint density at radius 3 is 2.37 bits per heavy atom. The van der Waals surface area contributed by atoms with Crippen LogP contribution in [0.5, 0.6) is 0 Å². The van der Waals surface area contributed by atoms with Crippen molar-refractivity contribution in [2.75, 3.05) is 13.1 Å². The van der Waals surface area contributed by atoms with Crippen molar-refractivity contribution >= 4 is 23.4 Å². The van der Waals surface area contributed by atoms with Crippen molar-refractivity contribution in [2.24, 2.45) is 11.8 Å². The molecule has 0 saturated carbocycles. The van der Waals surface area contributed by atoms with Gasteiger partial charge >= 0.3 is 0 Å². The van der Waals surface area contributed by atoms with Gasteiger partial charge in [-0.3, -0.25) is 9.59 Å². The van der Waals surface area contributed by atoms with E-state index in [-0.39, 0.29) is 25.2 Å². The largest absolute Gasteiger partial charge is 0.344 e. The predicted molar refractivity (Wildman–Crippen MR) is 120 cm³/mol. The summed E-state index contributed by atoms with van der Waals surface area (Å²) in [5, 5.41) is 3.59. The summed E-state index contributed by atoms with van der Waals surface area (Å²) in [6, 6.07) is 7.30. The third-order valence-corrected chi connectivity index (χ3v) is 5.99. The number of rotatable bonds is 5. The van der Waals surface area contributed by atoms with Crippen molar-refractivity contribution in [2.45, 2.75) is 52.5 Å². The summed E-state index contributed by atoms with van der Waals surface area (Å²) in [7, 11) is 0. The van der Waals surface area contributed by atoms with Crippen LogP contribution >= 0.6 is 11.6 Å². The topological polar surface area (TPSA) is 49.4 Å². The van der Waals surface area contributed by atoms with Gasteiger partial charge in [0.25, 0.3) is 0 Å². The van der Waals surface area contributed by atoms with Crippen LogP contribution in [0.1, 0.15) is 52.0 Å². The minimum absolute atomic E-state index is 0. The maximum absolute atomic E-state index is 13.4. The first-order chi connectivity index (χ1) is 13.8. The normalized spacial score (nSPS) is 20.4. The average Bonchev–Trinajstić information content (AvgIpc) is 2.72. The second-order valence-corrected chi connectivity index (χ2v) is 8.61. The standard InChI is InChI=1S/C23H28ClFN2O2.CH4/c1-15(2)21(26-22(28)18-4-3-5-20(25)14-18)23(29)27-12-10-17(11-13-27)16-6-8-19(24)9-7-16;/h3,5-9,14-15,17-18,21H,4,10-13H2,1-2H3,(H,26,28);1H4/t18?,21-;/m1./s1. The van der Waals surface area contributed by atoms with E-state index in [9.17, 15) is 14.0 Å². The number of amides is 2. The van der Waals surface area contributed by atoms with Crippen LogP contribution in [0, 0.1) is 11.8 Å². The summed E-state index contributed by atoms with van der Waals surface area (Å²) in [4.78, 5) is 27.5. The molecule has 1 saturated heterocycles. The summed E-state index contributed by atoms with van der Waals surface area (Å²) in [5.74, 6) is -0.969. The van der Waals surface area contributed by atoms with E-state index in [0.717, 1.165) is 17.9 Å². The molecule has 2 aliphatic rings. The Labute approximate surface area is 184 Å². The summed E-state index contributed by atoms with van der Waals surface area (Å²) in [5.41, 5.74) is 1.24. The molecule has 1 N–H and O–H groups in total. The lowest BCUT2D eigenvalue weighted by atomic mass is 9.89. The minimum Gasteiger partial charge on any atom is -0.344 e. The van der Waals surface area contributed by atoms with Crippen LogP contribution in [0.3, 0.4) is 0 Å². The van der Waals surface area contributed by atoms with Crippen LogP contribution in [-0.4, -0.2) is 35.8 Å². The molecular weight excluding hydrogens is 403 g/mol. The van der Waals surface area contributed by atoms with Crippen LogP contribution in [0.25, 0.3) is 0 Å². The first-order valence-electron chi connectivity index (χ1n) is 10.2. The van der Waals surface area contributed by atoms with Crippen molar-refractivity contribution in [3.63, 3.8) is 0 Å². The van der Waals surface area contributed by atoms with Crippen molar-refractivity contribution in [3.05, 3.63) is 58.9 Å². The monoisotopic (exact) mass is 434 g/mol. The molecule has 1 unspecified atom stereocenters. The zero-order valence-corrected chi connectivity index (χ0v) is 17.7. The molecule has 2 atom stereocenters. The fraction of sp³-hybridized carbons (Fsp3) is 0.500. The van der Waals surface area contributed by atoms with E-state index in [2.05, 4.69) is 5.32 Å². The number of carbonyl (C=O) groups is 2. The van der Waals surface area contributed by atoms with Gasteiger partial charge in [0.1, 0.15) is 11.9 Å². The molecule has 4 nitrogen and oxygen atoms in total. The average molecular weight is 435 g/mol. The lowest BCUT2D eigenvalue weighted by molar-refractivity contribution is -0.139. The second kappa shape index (κ2) is 10.8. The molecule has 2 amide bonds. The van der Waals surface area contributed by atoms with Gasteiger partial charge in [0.15, 0.2) is 0 Å². The highest BCUT2D eigenvalue weighted by atomic mass is 35.5. The fourth-order valence-corrected chi connectivity index (χ4v) is 4.09. The van der Waals surface area contributed by atoms with Gasteiger partial charge in [0.05, 0.1) is 5.92 Å². The number of halogens is 2. The second-order valence-electron chi connectivity index (χ2n) is 8.18. The van der Waals surface area contributed by atoms with E-state index in [1.165, 1.54) is 17.7 Å². The number of allylic oxidation sites excluding steroid dienone is 3. The minimum atomic E-state index is -0.600. The quantitative estimate of drug-likeness (QED) is 0.687. The first kappa shape index (κ1) is 24.1. The Balaban J connectivity index is 0.00000320. The summed E-state index contributed by atoms with van der Waals surface area (Å²) in [6.07, 6.45) is 6.54. The summed E-state index contributed by atoms with van der Waals surface area (Å²) in [6.45, 7) is 5.15. The number of hydrogen-bond acceptors (Lipinski definition) is 2. The fourth-order valence-electron chi connectivity index (χ4n) is 3.96. The van der Waals surface area contributed by atoms with Gasteiger partial charge in [-0.25, -0.2) is 4.39 Å². The SMILES string of the molecule is C.CC(C)[C@@H](NC(=O)C1C=C(F)C=CC1)C(=O)N1CCC(c2ccc(Cl)cc2)CC1. The van der Waals surface area contributed by atoms with Crippen LogP contribution in [-0.2, 0) is 9.59 Å². The number of hydrogen-bond donors (Lipinski definition) is 1. The van der Waals surface area contributed by atoms with Gasteiger partial charge in [-0.05, 0) is 60.9 Å². The Hall–Kier alpha value is -2.14. The van der Waals surface area contributed by atoms with Gasteiger partial charge in [0.2, 0.25) is 11.8 Å². The van der Waals surface area contributed by atoms with E-state index in [4.69, 9.17) is 11.6 Å². The number of nitrogens with zero attached hydrogens (tertiary/aromatic N) is 1. The van der Waals surface area contributed by atoms with Crippen LogP contribution in [0.2, 0.25) is 5.02 Å². The maximum Gasteiger partial charge on any atom is 0.245 e. The highest BCUT2D eigenvalue weighted by Gasteiger charge is 2.33. The molecule has 0 bridgehead atoms. The number of carbonyl (C=O) groups excluding carboxylic acids is 2. The number of benzene rings is 1. The Kier molecular flexibility index (Phi) is 8.65. The van der Waals surface area contributed by atoms with Gasteiger partial charge in [-0.15, -0.1) is 0 Å². The van der Waals surface area contributed by atoms with E-state index < -0.39 is 17.8 Å². The lowest BCUT2D eigenvalue weighted by Gasteiger charge is -2.36. The molecule has 164 valence electrons. The highest BCUT2D eigenvalue weighted by molar-refractivity contribution is 6.30. The molecule has 0 radical (unpaired) electrons. The predicted octanol–water partition coefficient (Wildman–Crippen LogP) is 5.25. The van der Waals surface area contributed by atoms with E-state index >= 15 is 0 Å². The Morgan fingerprint density at radius 1 is 1.17 bits per heavy atom. The molecule has 1 heterocycles. The Morgan fingerprint density at radius 2 is 1.80 bits per heavy atom. The van der Waals surface area contributed by atoms with E-state index in [1.807, 2.05) is 43.0 Å². The zero-order chi connectivity index (χ0) is 21.0. The van der Waals surface area contributed by atoms with Gasteiger partial charge < -0.3 is 10.2 Å². The molecule has 1 aromatic rings. The van der Waals surface area contributed by atoms with E-state index in [0.29, 0.717) is 25.4 Å². The number of nitrogens with one attached hydrogen (secondary N) is 1. The zero-order valence-electron chi connectivity index (χ0n) is 16.9. The number of piperidine rings is 1. The van der Waals surface area contributed by atoms with E-state index in [1.54, 1.807) is 6.08 Å². The molecule has 1 aliphatic carbocycles. The van der Waals surface area contributed by atoms with Crippen molar-refractivity contribution in [1.82, 2.24) is 10.2 Å². The Bertz CT molecular complexity index is 796. The smallest absolute Gasteiger partial charge is 0.245 e. The third-order valence-electron chi connectivity index (χ3n) is 5.74. The molecule has 30 heavy (non-hydrogen) atoms. The molecule has 0 spiro atoms. The van der Waals surface area contributed by atoms with Crippen LogP contribution in [0.4, 0.5) is 4.39 Å². The highest BCUT2D eigenvalue weighted by Crippen LogP contribution is 2.29. The molecule has 1 fully saturated rings. The van der Waals surface area contributed by atoms with Crippen LogP contribution < -0.4 is 5.32 Å². The third kappa shape index (κ3) is 5.94. The molecule has 1 aromatic carbocycles. The molecule has 6 heteroatoms. The van der Waals surface area contributed by atoms with Crippen molar-refractivity contribution in [1.29, 1.82) is 0 Å².